The van der Waals surface area contributed by atoms with Crippen LogP contribution in [0.2, 0.25) is 0 Å². The van der Waals surface area contributed by atoms with E-state index >= 15 is 0 Å². The van der Waals surface area contributed by atoms with Gasteiger partial charge in [-0.1, -0.05) is 25.0 Å². The minimum Gasteiger partial charge on any atom is -0.336 e. The molecule has 0 radical (unpaired) electrons. The maximum Gasteiger partial charge on any atom is 0.0834 e. The standard InChI is InChI=1S/C15H18N2/c1-3-8-16-12-13-5-6-14-7-10-17(9-4-2)15(14)11-13/h2,5-7,10-11,16H,3,8-9,12H2,1H3. The van der Waals surface area contributed by atoms with E-state index in [0.29, 0.717) is 6.54 Å². The van der Waals surface area contributed by atoms with Crippen LogP contribution in [0.4, 0.5) is 0 Å². The monoisotopic (exact) mass is 226 g/mol. The Hall–Kier alpha value is -1.72. The normalized spacial score (nSPS) is 10.6. The summed E-state index contributed by atoms with van der Waals surface area (Å²) < 4.78 is 2.11. The van der Waals surface area contributed by atoms with Gasteiger partial charge in [0, 0.05) is 18.3 Å². The van der Waals surface area contributed by atoms with Crippen molar-refractivity contribution >= 4 is 10.9 Å². The highest BCUT2D eigenvalue weighted by Gasteiger charge is 2.01. The molecule has 17 heavy (non-hydrogen) atoms. The Morgan fingerprint density at radius 2 is 2.24 bits per heavy atom. The maximum absolute atomic E-state index is 5.36. The van der Waals surface area contributed by atoms with Gasteiger partial charge in [0.2, 0.25) is 0 Å². The van der Waals surface area contributed by atoms with E-state index in [0.717, 1.165) is 19.5 Å². The summed E-state index contributed by atoms with van der Waals surface area (Å²) >= 11 is 0. The van der Waals surface area contributed by atoms with Crippen LogP contribution in [0.5, 0.6) is 0 Å². The fourth-order valence-corrected chi connectivity index (χ4v) is 1.99. The topological polar surface area (TPSA) is 17.0 Å². The molecule has 0 amide bonds. The van der Waals surface area contributed by atoms with Crippen molar-refractivity contribution in [1.29, 1.82) is 0 Å². The number of nitrogens with zero attached hydrogens (tertiary/aromatic N) is 1. The van der Waals surface area contributed by atoms with Gasteiger partial charge in [-0.25, -0.2) is 0 Å². The number of terminal acetylenes is 1. The molecule has 0 aliphatic heterocycles. The quantitative estimate of drug-likeness (QED) is 0.613. The molecule has 1 heterocycles. The number of hydrogen-bond acceptors (Lipinski definition) is 1. The van der Waals surface area contributed by atoms with Crippen LogP contribution in [0.25, 0.3) is 10.9 Å². The highest BCUT2D eigenvalue weighted by molar-refractivity contribution is 5.80. The van der Waals surface area contributed by atoms with Gasteiger partial charge in [0.25, 0.3) is 0 Å². The summed E-state index contributed by atoms with van der Waals surface area (Å²) in [6.45, 7) is 4.79. The van der Waals surface area contributed by atoms with Crippen molar-refractivity contribution in [2.75, 3.05) is 6.54 Å². The van der Waals surface area contributed by atoms with Crippen LogP contribution in [0.1, 0.15) is 18.9 Å². The lowest BCUT2D eigenvalue weighted by Crippen LogP contribution is -2.13. The Kier molecular flexibility index (Phi) is 3.85. The van der Waals surface area contributed by atoms with Gasteiger partial charge >= 0.3 is 0 Å². The van der Waals surface area contributed by atoms with E-state index in [4.69, 9.17) is 6.42 Å². The molecule has 0 bridgehead atoms. The largest absolute Gasteiger partial charge is 0.336 e. The molecule has 0 atom stereocenters. The molecule has 0 saturated heterocycles. The number of rotatable bonds is 5. The molecule has 0 aliphatic rings. The minimum absolute atomic E-state index is 0.634. The third-order valence-electron chi connectivity index (χ3n) is 2.86. The average Bonchev–Trinajstić information content (AvgIpc) is 2.73. The molecule has 2 aromatic rings. The van der Waals surface area contributed by atoms with E-state index in [2.05, 4.69) is 47.0 Å². The smallest absolute Gasteiger partial charge is 0.0834 e. The van der Waals surface area contributed by atoms with E-state index in [9.17, 15) is 0 Å². The zero-order valence-electron chi connectivity index (χ0n) is 10.2. The van der Waals surface area contributed by atoms with E-state index in [1.54, 1.807) is 0 Å². The van der Waals surface area contributed by atoms with Crippen LogP contribution in [0, 0.1) is 12.3 Å². The van der Waals surface area contributed by atoms with Gasteiger partial charge in [-0.3, -0.25) is 0 Å². The number of nitrogens with one attached hydrogen (secondary N) is 1. The van der Waals surface area contributed by atoms with E-state index in [1.807, 2.05) is 6.20 Å². The summed E-state index contributed by atoms with van der Waals surface area (Å²) in [7, 11) is 0. The number of benzene rings is 1. The summed E-state index contributed by atoms with van der Waals surface area (Å²) in [5.74, 6) is 2.68. The predicted octanol–water partition coefficient (Wildman–Crippen LogP) is 2.77. The summed E-state index contributed by atoms with van der Waals surface area (Å²) in [5, 5.41) is 4.66. The second-order valence-electron chi connectivity index (χ2n) is 4.22. The van der Waals surface area contributed by atoms with Gasteiger partial charge in [-0.05, 0) is 36.0 Å². The lowest BCUT2D eigenvalue weighted by Gasteiger charge is -2.05. The predicted molar refractivity (Wildman–Crippen MR) is 72.8 cm³/mol. The minimum atomic E-state index is 0.634. The number of fused-ring (bicyclic) bond motifs is 1. The van der Waals surface area contributed by atoms with Gasteiger partial charge in [0.1, 0.15) is 0 Å². The van der Waals surface area contributed by atoms with Gasteiger partial charge in [0.15, 0.2) is 0 Å². The van der Waals surface area contributed by atoms with Crippen LogP contribution in [-0.2, 0) is 13.1 Å². The Bertz CT molecular complexity index is 531. The highest BCUT2D eigenvalue weighted by atomic mass is 14.9. The molecular weight excluding hydrogens is 208 g/mol. The second kappa shape index (κ2) is 5.56. The van der Waals surface area contributed by atoms with Crippen molar-refractivity contribution in [1.82, 2.24) is 9.88 Å². The molecule has 2 rings (SSSR count). The maximum atomic E-state index is 5.36. The molecule has 0 unspecified atom stereocenters. The van der Waals surface area contributed by atoms with E-state index in [-0.39, 0.29) is 0 Å². The molecule has 1 N–H and O–H groups in total. The van der Waals surface area contributed by atoms with Crippen molar-refractivity contribution in [3.8, 4) is 12.3 Å². The molecule has 1 aromatic heterocycles. The average molecular weight is 226 g/mol. The van der Waals surface area contributed by atoms with Crippen molar-refractivity contribution < 1.29 is 0 Å². The first-order valence-electron chi connectivity index (χ1n) is 6.07. The zero-order valence-corrected chi connectivity index (χ0v) is 10.2. The lowest BCUT2D eigenvalue weighted by atomic mass is 10.1. The third kappa shape index (κ3) is 2.69. The molecule has 88 valence electrons. The summed E-state index contributed by atoms with van der Waals surface area (Å²) in [6, 6.07) is 8.65. The number of aromatic nitrogens is 1. The molecular formula is C15H18N2. The molecule has 0 saturated carbocycles. The van der Waals surface area contributed by atoms with Crippen molar-refractivity contribution in [3.63, 3.8) is 0 Å². The summed E-state index contributed by atoms with van der Waals surface area (Å²) in [4.78, 5) is 0. The third-order valence-corrected chi connectivity index (χ3v) is 2.86. The Balaban J connectivity index is 2.22. The van der Waals surface area contributed by atoms with Crippen LogP contribution in [0.15, 0.2) is 30.5 Å². The summed E-state index contributed by atoms with van der Waals surface area (Å²) in [5.41, 5.74) is 2.53. The van der Waals surface area contributed by atoms with Crippen molar-refractivity contribution in [3.05, 3.63) is 36.0 Å². The lowest BCUT2D eigenvalue weighted by molar-refractivity contribution is 0.675. The van der Waals surface area contributed by atoms with Crippen LogP contribution in [-0.4, -0.2) is 11.1 Å². The van der Waals surface area contributed by atoms with Crippen LogP contribution in [0.3, 0.4) is 0 Å². The second-order valence-corrected chi connectivity index (χ2v) is 4.22. The zero-order chi connectivity index (χ0) is 12.1. The molecule has 2 heteroatoms. The van der Waals surface area contributed by atoms with Gasteiger partial charge in [-0.2, -0.15) is 0 Å². The number of hydrogen-bond donors (Lipinski definition) is 1. The first-order valence-corrected chi connectivity index (χ1v) is 6.07. The Morgan fingerprint density at radius 1 is 1.35 bits per heavy atom. The van der Waals surface area contributed by atoms with Crippen LogP contribution < -0.4 is 5.32 Å². The van der Waals surface area contributed by atoms with Gasteiger partial charge in [0.05, 0.1) is 6.54 Å². The Labute approximate surface area is 103 Å². The van der Waals surface area contributed by atoms with E-state index in [1.165, 1.54) is 16.5 Å². The first-order chi connectivity index (χ1) is 8.35. The molecule has 0 spiro atoms. The molecule has 1 aromatic carbocycles. The fourth-order valence-electron chi connectivity index (χ4n) is 1.99. The molecule has 0 fully saturated rings. The van der Waals surface area contributed by atoms with Crippen LogP contribution >= 0.6 is 0 Å². The highest BCUT2D eigenvalue weighted by Crippen LogP contribution is 2.17. The van der Waals surface area contributed by atoms with Gasteiger partial charge < -0.3 is 9.88 Å². The molecule has 2 nitrogen and oxygen atoms in total. The van der Waals surface area contributed by atoms with Crippen molar-refractivity contribution in [2.45, 2.75) is 26.4 Å². The van der Waals surface area contributed by atoms with E-state index < -0.39 is 0 Å². The first kappa shape index (κ1) is 11.8. The molecule has 0 aliphatic carbocycles. The summed E-state index contributed by atoms with van der Waals surface area (Å²) in [6.07, 6.45) is 8.58. The SMILES string of the molecule is C#CCn1ccc2ccc(CNCCC)cc21. The Morgan fingerprint density at radius 3 is 3.00 bits per heavy atom. The van der Waals surface area contributed by atoms with Crippen molar-refractivity contribution in [2.24, 2.45) is 0 Å². The fraction of sp³-hybridized carbons (Fsp3) is 0.333. The van der Waals surface area contributed by atoms with Gasteiger partial charge in [-0.15, -0.1) is 6.42 Å².